The van der Waals surface area contributed by atoms with E-state index in [0.29, 0.717) is 23.9 Å². The number of nitrogens with one attached hydrogen (secondary N) is 2. The molecule has 0 spiro atoms. The first-order valence-electron chi connectivity index (χ1n) is 14.6. The maximum Gasteiger partial charge on any atom is 0.326 e. The second kappa shape index (κ2) is 14.0. The normalized spacial score (nSPS) is 14.0. The summed E-state index contributed by atoms with van der Waals surface area (Å²) in [5.41, 5.74) is 8.47. The van der Waals surface area contributed by atoms with Crippen molar-refractivity contribution in [3.8, 4) is 11.6 Å². The highest BCUT2D eigenvalue weighted by molar-refractivity contribution is 7.92. The number of primary amides is 1. The first-order valence-corrected chi connectivity index (χ1v) is 16.5. The average Bonchev–Trinajstić information content (AvgIpc) is 3.00. The average molecular weight is 647 g/mol. The molecule has 46 heavy (non-hydrogen) atoms. The van der Waals surface area contributed by atoms with E-state index in [4.69, 9.17) is 10.5 Å². The summed E-state index contributed by atoms with van der Waals surface area (Å²) < 4.78 is 45.0. The molecule has 1 saturated heterocycles. The van der Waals surface area contributed by atoms with Crippen molar-refractivity contribution >= 4 is 39.0 Å². The van der Waals surface area contributed by atoms with Crippen LogP contribution in [0.4, 0.5) is 26.2 Å². The molecule has 3 amide bonds. The zero-order valence-corrected chi connectivity index (χ0v) is 26.3. The van der Waals surface area contributed by atoms with E-state index in [-0.39, 0.29) is 23.3 Å². The molecule has 1 aromatic heterocycles. The molecule has 2 heterocycles. The summed E-state index contributed by atoms with van der Waals surface area (Å²) in [6, 6.07) is 21.2. The van der Waals surface area contributed by atoms with Gasteiger partial charge in [-0.2, -0.15) is 0 Å². The number of hydrogen-bond donors (Lipinski definition) is 3. The maximum atomic E-state index is 14.0. The highest BCUT2D eigenvalue weighted by Crippen LogP contribution is 2.28. The lowest BCUT2D eigenvalue weighted by molar-refractivity contribution is 0.0996. The van der Waals surface area contributed by atoms with Crippen molar-refractivity contribution in [3.05, 3.63) is 108 Å². The van der Waals surface area contributed by atoms with E-state index in [1.54, 1.807) is 41.4 Å². The minimum absolute atomic E-state index is 0.0953. The highest BCUT2D eigenvalue weighted by atomic mass is 32.2. The molecule has 0 radical (unpaired) electrons. The van der Waals surface area contributed by atoms with Crippen LogP contribution in [0, 0.1) is 12.7 Å². The maximum absolute atomic E-state index is 14.0. The fraction of sp³-hybridized carbons (Fsp3) is 0.242. The Balaban J connectivity index is 1.20. The van der Waals surface area contributed by atoms with Gasteiger partial charge >= 0.3 is 6.03 Å². The van der Waals surface area contributed by atoms with E-state index in [9.17, 15) is 22.4 Å². The third-order valence-electron chi connectivity index (χ3n) is 7.49. The standard InChI is InChI=1S/C33H35FN6O5S/c1-22-4-3-5-27(18-22)40(33(42)37-25-9-12-30(34)29(19-25)32(35)41)26-14-16-39(17-15-26)21-23-6-13-31(36-20-23)45-28-10-7-24(8-11-28)38-46(2,43)44/h3-13,18-20,26,38H,14-17,21H2,1-2H3,(H2,35,41)(H,37,42). The molecule has 0 bridgehead atoms. The van der Waals surface area contributed by atoms with Gasteiger partial charge in [0.05, 0.1) is 11.8 Å². The van der Waals surface area contributed by atoms with E-state index >= 15 is 0 Å². The van der Waals surface area contributed by atoms with Gasteiger partial charge in [-0.1, -0.05) is 18.2 Å². The topological polar surface area (TPSA) is 147 Å². The largest absolute Gasteiger partial charge is 0.439 e. The number of benzene rings is 3. The van der Waals surface area contributed by atoms with Crippen LogP contribution in [0.5, 0.6) is 11.6 Å². The molecule has 11 nitrogen and oxygen atoms in total. The van der Waals surface area contributed by atoms with Crippen LogP contribution >= 0.6 is 0 Å². The van der Waals surface area contributed by atoms with Crippen LogP contribution in [0.2, 0.25) is 0 Å². The number of nitrogens with zero attached hydrogens (tertiary/aromatic N) is 3. The van der Waals surface area contributed by atoms with Crippen LogP contribution < -0.4 is 25.4 Å². The number of carbonyl (C=O) groups excluding carboxylic acids is 2. The molecule has 0 atom stereocenters. The molecule has 1 fully saturated rings. The number of aryl methyl sites for hydroxylation is 1. The van der Waals surface area contributed by atoms with Crippen LogP contribution in [0.3, 0.4) is 0 Å². The van der Waals surface area contributed by atoms with Gasteiger partial charge in [-0.05, 0) is 85.5 Å². The molecule has 5 rings (SSSR count). The Bertz CT molecular complexity index is 1810. The Morgan fingerprint density at radius 1 is 1.02 bits per heavy atom. The number of likely N-dealkylation sites (tertiary alicyclic amines) is 1. The second-order valence-corrected chi connectivity index (χ2v) is 13.0. The number of piperidine rings is 1. The van der Waals surface area contributed by atoms with E-state index in [1.807, 2.05) is 37.3 Å². The van der Waals surface area contributed by atoms with Gasteiger partial charge in [-0.3, -0.25) is 19.3 Å². The van der Waals surface area contributed by atoms with Crippen molar-refractivity contribution in [3.63, 3.8) is 0 Å². The number of pyridine rings is 1. The van der Waals surface area contributed by atoms with Crippen LogP contribution in [-0.4, -0.2) is 55.6 Å². The van der Waals surface area contributed by atoms with E-state index in [0.717, 1.165) is 55.1 Å². The zero-order valence-electron chi connectivity index (χ0n) is 25.4. The zero-order chi connectivity index (χ0) is 32.8. The molecule has 240 valence electrons. The number of sulfonamides is 1. The molecule has 4 N–H and O–H groups in total. The Morgan fingerprint density at radius 3 is 2.37 bits per heavy atom. The van der Waals surface area contributed by atoms with Crippen LogP contribution in [0.1, 0.15) is 34.3 Å². The number of halogens is 1. The smallest absolute Gasteiger partial charge is 0.326 e. The molecule has 13 heteroatoms. The quantitative estimate of drug-likeness (QED) is 0.206. The van der Waals surface area contributed by atoms with Gasteiger partial charge in [-0.15, -0.1) is 0 Å². The predicted octanol–water partition coefficient (Wildman–Crippen LogP) is 5.49. The lowest BCUT2D eigenvalue weighted by Crippen LogP contribution is -2.49. The SMILES string of the molecule is Cc1cccc(N(C(=O)Nc2ccc(F)c(C(N)=O)c2)C2CCN(Cc3ccc(Oc4ccc(NS(C)(=O)=O)cc4)nc3)CC2)c1. The fourth-order valence-electron chi connectivity index (χ4n) is 5.33. The number of anilines is 3. The van der Waals surface area contributed by atoms with Crippen molar-refractivity contribution in [1.29, 1.82) is 0 Å². The van der Waals surface area contributed by atoms with Crippen molar-refractivity contribution in [1.82, 2.24) is 9.88 Å². The number of hydrogen-bond acceptors (Lipinski definition) is 7. The monoisotopic (exact) mass is 646 g/mol. The van der Waals surface area contributed by atoms with Gasteiger partial charge in [0.2, 0.25) is 15.9 Å². The van der Waals surface area contributed by atoms with Crippen LogP contribution in [0.25, 0.3) is 0 Å². The van der Waals surface area contributed by atoms with E-state index < -0.39 is 21.7 Å². The lowest BCUT2D eigenvalue weighted by atomic mass is 10.0. The third kappa shape index (κ3) is 8.58. The summed E-state index contributed by atoms with van der Waals surface area (Å²) >= 11 is 0. The summed E-state index contributed by atoms with van der Waals surface area (Å²) in [4.78, 5) is 33.7. The van der Waals surface area contributed by atoms with Gasteiger partial charge in [0.15, 0.2) is 0 Å². The lowest BCUT2D eigenvalue weighted by Gasteiger charge is -2.38. The van der Waals surface area contributed by atoms with Crippen molar-refractivity contribution in [2.24, 2.45) is 5.73 Å². The van der Waals surface area contributed by atoms with Crippen LogP contribution in [-0.2, 0) is 16.6 Å². The molecule has 3 aromatic carbocycles. The molecular weight excluding hydrogens is 611 g/mol. The predicted molar refractivity (Wildman–Crippen MR) is 175 cm³/mol. The first-order chi connectivity index (χ1) is 21.9. The number of urea groups is 1. The summed E-state index contributed by atoms with van der Waals surface area (Å²) in [6.45, 7) is 4.12. The molecule has 0 unspecified atom stereocenters. The number of aromatic nitrogens is 1. The van der Waals surface area contributed by atoms with Gasteiger partial charge in [0, 0.05) is 55.0 Å². The van der Waals surface area contributed by atoms with E-state index in [2.05, 4.69) is 19.9 Å². The van der Waals surface area contributed by atoms with Crippen molar-refractivity contribution in [2.45, 2.75) is 32.4 Å². The first kappa shape index (κ1) is 32.4. The number of nitrogens with two attached hydrogens (primary N) is 1. The van der Waals surface area contributed by atoms with Crippen molar-refractivity contribution in [2.75, 3.05) is 34.3 Å². The van der Waals surface area contributed by atoms with Gasteiger partial charge in [-0.25, -0.2) is 22.6 Å². The van der Waals surface area contributed by atoms with Gasteiger partial charge in [0.25, 0.3) is 5.91 Å². The Kier molecular flexibility index (Phi) is 9.83. The van der Waals surface area contributed by atoms with Crippen molar-refractivity contribution < 1.29 is 27.1 Å². The summed E-state index contributed by atoms with van der Waals surface area (Å²) in [5, 5.41) is 2.82. The molecule has 4 aromatic rings. The minimum atomic E-state index is -3.36. The molecule has 1 aliphatic rings. The third-order valence-corrected chi connectivity index (χ3v) is 8.09. The number of rotatable bonds is 10. The van der Waals surface area contributed by atoms with Crippen LogP contribution in [0.15, 0.2) is 85.1 Å². The highest BCUT2D eigenvalue weighted by Gasteiger charge is 2.30. The Labute approximate surface area is 267 Å². The number of amides is 3. The second-order valence-electron chi connectivity index (χ2n) is 11.2. The summed E-state index contributed by atoms with van der Waals surface area (Å²) in [5.74, 6) is -0.724. The Morgan fingerprint density at radius 2 is 1.74 bits per heavy atom. The summed E-state index contributed by atoms with van der Waals surface area (Å²) in [6.07, 6.45) is 4.29. The molecule has 1 aliphatic heterocycles. The molecule has 0 saturated carbocycles. The van der Waals surface area contributed by atoms with E-state index in [1.165, 1.54) is 12.1 Å². The number of ether oxygens (including phenoxy) is 1. The van der Waals surface area contributed by atoms with Gasteiger partial charge < -0.3 is 15.8 Å². The molecule has 0 aliphatic carbocycles. The Hall–Kier alpha value is -5.01. The molecular formula is C33H35FN6O5S. The minimum Gasteiger partial charge on any atom is -0.439 e. The number of carbonyl (C=O) groups is 2. The summed E-state index contributed by atoms with van der Waals surface area (Å²) in [7, 11) is -3.36. The fourth-order valence-corrected chi connectivity index (χ4v) is 5.90. The van der Waals surface area contributed by atoms with Gasteiger partial charge in [0.1, 0.15) is 11.6 Å².